The molecule has 1 aliphatic carbocycles. The van der Waals surface area contributed by atoms with Gasteiger partial charge in [-0.3, -0.25) is 9.78 Å². The standard InChI is InChI=1S/C25H27N7O2/c1-16(33)21-13-27-25(30-24(21)28-17-2-3-17)29-18-4-5-22-23(12-18)34-15-20-14-31(10-11-32(20)22)19-6-8-26-9-7-19/h4-9,12-13,17,20H,2-3,10-11,14-15H2,1H3,(H2,27,28,29,30). The van der Waals surface area contributed by atoms with E-state index in [0.717, 1.165) is 49.6 Å². The van der Waals surface area contributed by atoms with Crippen LogP contribution in [0, 0.1) is 0 Å². The Morgan fingerprint density at radius 3 is 2.79 bits per heavy atom. The summed E-state index contributed by atoms with van der Waals surface area (Å²) in [4.78, 5) is 29.8. The number of Topliss-reactive ketones (excluding diaryl/α,β-unsaturated/α-hetero) is 1. The molecule has 2 aliphatic heterocycles. The van der Waals surface area contributed by atoms with Crippen molar-refractivity contribution in [3.05, 3.63) is 54.5 Å². The van der Waals surface area contributed by atoms with Gasteiger partial charge in [0.05, 0.1) is 17.3 Å². The minimum absolute atomic E-state index is 0.0459. The number of pyridine rings is 1. The van der Waals surface area contributed by atoms with E-state index < -0.39 is 0 Å². The summed E-state index contributed by atoms with van der Waals surface area (Å²) in [6, 6.07) is 10.9. The van der Waals surface area contributed by atoms with E-state index in [4.69, 9.17) is 4.74 Å². The first kappa shape index (κ1) is 20.7. The van der Waals surface area contributed by atoms with Gasteiger partial charge in [-0.2, -0.15) is 4.98 Å². The van der Waals surface area contributed by atoms with Gasteiger partial charge in [-0.25, -0.2) is 4.98 Å². The average molecular weight is 458 g/mol. The molecular formula is C25H27N7O2. The molecule has 0 radical (unpaired) electrons. The Labute approximate surface area is 198 Å². The molecule has 3 aromatic rings. The monoisotopic (exact) mass is 457 g/mol. The number of aromatic nitrogens is 3. The van der Waals surface area contributed by atoms with Gasteiger partial charge in [0, 0.05) is 61.7 Å². The van der Waals surface area contributed by atoms with Crippen molar-refractivity contribution in [3.8, 4) is 5.75 Å². The van der Waals surface area contributed by atoms with Gasteiger partial charge < -0.3 is 25.2 Å². The summed E-state index contributed by atoms with van der Waals surface area (Å²) in [6.45, 7) is 4.97. The van der Waals surface area contributed by atoms with E-state index in [0.29, 0.717) is 36.0 Å². The molecule has 0 spiro atoms. The lowest BCUT2D eigenvalue weighted by atomic mass is 10.1. The number of ketones is 1. The van der Waals surface area contributed by atoms with Gasteiger partial charge in [0.2, 0.25) is 5.95 Å². The van der Waals surface area contributed by atoms with E-state index in [2.05, 4.69) is 53.6 Å². The molecule has 2 aromatic heterocycles. The molecule has 2 fully saturated rings. The summed E-state index contributed by atoms with van der Waals surface area (Å²) < 4.78 is 6.17. The maximum atomic E-state index is 11.9. The summed E-state index contributed by atoms with van der Waals surface area (Å²) in [5, 5.41) is 6.61. The highest BCUT2D eigenvalue weighted by Crippen LogP contribution is 2.38. The fraction of sp³-hybridized carbons (Fsp3) is 0.360. The molecule has 174 valence electrons. The largest absolute Gasteiger partial charge is 0.489 e. The zero-order valence-electron chi connectivity index (χ0n) is 19.1. The van der Waals surface area contributed by atoms with Gasteiger partial charge in [-0.15, -0.1) is 0 Å². The highest BCUT2D eigenvalue weighted by Gasteiger charge is 2.33. The number of carbonyl (C=O) groups excluding carboxylic acids is 1. The molecule has 2 N–H and O–H groups in total. The van der Waals surface area contributed by atoms with Crippen molar-refractivity contribution >= 4 is 34.6 Å². The minimum Gasteiger partial charge on any atom is -0.489 e. The van der Waals surface area contributed by atoms with Crippen molar-refractivity contribution in [2.24, 2.45) is 0 Å². The molecule has 0 amide bonds. The minimum atomic E-state index is -0.0459. The van der Waals surface area contributed by atoms with Crippen molar-refractivity contribution in [2.45, 2.75) is 31.8 Å². The molecule has 1 saturated heterocycles. The normalized spacial score (nSPS) is 19.0. The van der Waals surface area contributed by atoms with Crippen LogP contribution in [0.2, 0.25) is 0 Å². The van der Waals surface area contributed by atoms with Gasteiger partial charge in [0.25, 0.3) is 0 Å². The summed E-state index contributed by atoms with van der Waals surface area (Å²) >= 11 is 0. The van der Waals surface area contributed by atoms with Crippen LogP contribution in [0.1, 0.15) is 30.1 Å². The Balaban J connectivity index is 1.18. The van der Waals surface area contributed by atoms with Crippen LogP contribution >= 0.6 is 0 Å². The fourth-order valence-electron chi connectivity index (χ4n) is 4.60. The highest BCUT2D eigenvalue weighted by atomic mass is 16.5. The molecule has 4 heterocycles. The zero-order chi connectivity index (χ0) is 23.1. The van der Waals surface area contributed by atoms with Gasteiger partial charge in [0.15, 0.2) is 5.78 Å². The zero-order valence-corrected chi connectivity index (χ0v) is 19.1. The second-order valence-corrected chi connectivity index (χ2v) is 9.05. The molecule has 0 bridgehead atoms. The van der Waals surface area contributed by atoms with E-state index >= 15 is 0 Å². The molecule has 9 nitrogen and oxygen atoms in total. The maximum Gasteiger partial charge on any atom is 0.229 e. The number of piperazine rings is 1. The fourth-order valence-corrected chi connectivity index (χ4v) is 4.60. The van der Waals surface area contributed by atoms with Crippen LogP contribution in [0.25, 0.3) is 0 Å². The van der Waals surface area contributed by atoms with Crippen LogP contribution in [-0.2, 0) is 0 Å². The molecular weight excluding hydrogens is 430 g/mol. The number of rotatable bonds is 6. The summed E-state index contributed by atoms with van der Waals surface area (Å²) in [7, 11) is 0. The number of carbonyl (C=O) groups is 1. The number of nitrogens with one attached hydrogen (secondary N) is 2. The van der Waals surface area contributed by atoms with Crippen LogP contribution in [0.15, 0.2) is 48.9 Å². The first-order valence-corrected chi connectivity index (χ1v) is 11.7. The summed E-state index contributed by atoms with van der Waals surface area (Å²) in [5.74, 6) is 1.86. The predicted octanol–water partition coefficient (Wildman–Crippen LogP) is 3.48. The van der Waals surface area contributed by atoms with Crippen molar-refractivity contribution < 1.29 is 9.53 Å². The molecule has 1 atom stereocenters. The van der Waals surface area contributed by atoms with Crippen molar-refractivity contribution in [3.63, 3.8) is 0 Å². The Hall–Kier alpha value is -3.88. The second kappa shape index (κ2) is 8.48. The van der Waals surface area contributed by atoms with E-state index in [1.807, 2.05) is 24.5 Å². The third-order valence-electron chi connectivity index (χ3n) is 6.55. The number of hydrogen-bond acceptors (Lipinski definition) is 9. The van der Waals surface area contributed by atoms with Gasteiger partial charge in [-0.1, -0.05) is 0 Å². The van der Waals surface area contributed by atoms with Gasteiger partial charge >= 0.3 is 0 Å². The number of fused-ring (bicyclic) bond motifs is 3. The molecule has 6 rings (SSSR count). The molecule has 1 saturated carbocycles. The summed E-state index contributed by atoms with van der Waals surface area (Å²) in [6.07, 6.45) is 7.47. The van der Waals surface area contributed by atoms with Crippen LogP contribution < -0.4 is 25.2 Å². The van der Waals surface area contributed by atoms with E-state index in [9.17, 15) is 4.79 Å². The van der Waals surface area contributed by atoms with Crippen LogP contribution in [0.5, 0.6) is 5.75 Å². The smallest absolute Gasteiger partial charge is 0.229 e. The number of benzene rings is 1. The number of hydrogen-bond donors (Lipinski definition) is 2. The Bertz CT molecular complexity index is 1220. The molecule has 34 heavy (non-hydrogen) atoms. The lowest BCUT2D eigenvalue weighted by molar-refractivity contribution is 0.101. The van der Waals surface area contributed by atoms with Crippen LogP contribution in [-0.4, -0.2) is 59.1 Å². The molecule has 1 aromatic carbocycles. The van der Waals surface area contributed by atoms with E-state index in [1.54, 1.807) is 6.20 Å². The predicted molar refractivity (Wildman–Crippen MR) is 131 cm³/mol. The van der Waals surface area contributed by atoms with Gasteiger partial charge in [0.1, 0.15) is 18.2 Å². The quantitative estimate of drug-likeness (QED) is 0.539. The molecule has 1 unspecified atom stereocenters. The Morgan fingerprint density at radius 1 is 1.15 bits per heavy atom. The van der Waals surface area contributed by atoms with Crippen molar-refractivity contribution in [1.29, 1.82) is 0 Å². The lowest BCUT2D eigenvalue weighted by Gasteiger charge is -2.46. The number of anilines is 5. The van der Waals surface area contributed by atoms with Gasteiger partial charge in [-0.05, 0) is 44.0 Å². The lowest BCUT2D eigenvalue weighted by Crippen LogP contribution is -2.57. The topological polar surface area (TPSA) is 95.5 Å². The van der Waals surface area contributed by atoms with Crippen LogP contribution in [0.3, 0.4) is 0 Å². The first-order chi connectivity index (χ1) is 16.6. The Kier molecular flexibility index (Phi) is 5.16. The van der Waals surface area contributed by atoms with Crippen LogP contribution in [0.4, 0.5) is 28.8 Å². The third-order valence-corrected chi connectivity index (χ3v) is 6.55. The SMILES string of the molecule is CC(=O)c1cnc(Nc2ccc3c(c2)OCC2CN(c4ccncc4)CCN32)nc1NC1CC1. The maximum absolute atomic E-state index is 11.9. The van der Waals surface area contributed by atoms with Crippen molar-refractivity contribution in [1.82, 2.24) is 15.0 Å². The highest BCUT2D eigenvalue weighted by molar-refractivity contribution is 5.98. The summed E-state index contributed by atoms with van der Waals surface area (Å²) in [5.41, 5.74) is 3.68. The van der Waals surface area contributed by atoms with E-state index in [-0.39, 0.29) is 5.78 Å². The first-order valence-electron chi connectivity index (χ1n) is 11.7. The second-order valence-electron chi connectivity index (χ2n) is 9.05. The molecule has 3 aliphatic rings. The number of ether oxygens (including phenoxy) is 1. The van der Waals surface area contributed by atoms with E-state index in [1.165, 1.54) is 12.6 Å². The number of nitrogens with zero attached hydrogens (tertiary/aromatic N) is 5. The molecule has 9 heteroatoms. The average Bonchev–Trinajstić information content (AvgIpc) is 3.68. The van der Waals surface area contributed by atoms with Crippen molar-refractivity contribution in [2.75, 3.05) is 46.7 Å². The Morgan fingerprint density at radius 2 is 2.00 bits per heavy atom. The third kappa shape index (κ3) is 4.09.